The van der Waals surface area contributed by atoms with Crippen LogP contribution in [0.15, 0.2) is 72.8 Å². The van der Waals surface area contributed by atoms with Gasteiger partial charge in [-0.2, -0.15) is 0 Å². The Balaban J connectivity index is 1.57. The zero-order chi connectivity index (χ0) is 19.9. The molecule has 0 aliphatic carbocycles. The van der Waals surface area contributed by atoms with Gasteiger partial charge in [-0.05, 0) is 35.4 Å². The fourth-order valence-corrected chi connectivity index (χ4v) is 2.59. The van der Waals surface area contributed by atoms with Gasteiger partial charge in [-0.15, -0.1) is 0 Å². The Labute approximate surface area is 160 Å². The second-order valence-electron chi connectivity index (χ2n) is 6.03. The number of hydrogen-bond acceptors (Lipinski definition) is 3. The first-order valence-electron chi connectivity index (χ1n) is 8.56. The molecule has 3 aromatic rings. The first kappa shape index (κ1) is 19.2. The van der Waals surface area contributed by atoms with Gasteiger partial charge in [-0.1, -0.05) is 48.5 Å². The average Bonchev–Trinajstić information content (AvgIpc) is 2.71. The number of esters is 1. The number of halogens is 2. The van der Waals surface area contributed by atoms with Crippen LogP contribution in [0.5, 0.6) is 0 Å². The van der Waals surface area contributed by atoms with Crippen molar-refractivity contribution in [2.45, 2.75) is 6.61 Å². The van der Waals surface area contributed by atoms with Crippen LogP contribution in [-0.2, 0) is 16.1 Å². The normalized spacial score (nSPS) is 10.4. The van der Waals surface area contributed by atoms with E-state index in [2.05, 4.69) is 5.32 Å². The van der Waals surface area contributed by atoms with Crippen LogP contribution in [0, 0.1) is 11.6 Å². The molecule has 0 radical (unpaired) electrons. The van der Waals surface area contributed by atoms with Gasteiger partial charge in [-0.25, -0.2) is 8.78 Å². The third-order valence-corrected chi connectivity index (χ3v) is 4.00. The SMILES string of the molecule is O=C(CNC(=O)c1ccc(-c2cccc(F)c2)c(F)c1)OCc1ccccc1. The molecule has 0 unspecified atom stereocenters. The van der Waals surface area contributed by atoms with Gasteiger partial charge in [0.15, 0.2) is 0 Å². The largest absolute Gasteiger partial charge is 0.460 e. The summed E-state index contributed by atoms with van der Waals surface area (Å²) in [5, 5.41) is 2.39. The van der Waals surface area contributed by atoms with Crippen molar-refractivity contribution < 1.29 is 23.1 Å². The monoisotopic (exact) mass is 381 g/mol. The quantitative estimate of drug-likeness (QED) is 0.654. The van der Waals surface area contributed by atoms with Crippen LogP contribution in [0.2, 0.25) is 0 Å². The van der Waals surface area contributed by atoms with Crippen LogP contribution in [0.4, 0.5) is 8.78 Å². The predicted octanol–water partition coefficient (Wildman–Crippen LogP) is 4.11. The third-order valence-electron chi connectivity index (χ3n) is 4.00. The summed E-state index contributed by atoms with van der Waals surface area (Å²) in [5.41, 5.74) is 1.43. The molecule has 0 aliphatic rings. The van der Waals surface area contributed by atoms with E-state index in [1.807, 2.05) is 30.3 Å². The molecule has 0 bridgehead atoms. The summed E-state index contributed by atoms with van der Waals surface area (Å²) in [6.07, 6.45) is 0. The number of hydrogen-bond donors (Lipinski definition) is 1. The Morgan fingerprint density at radius 3 is 2.39 bits per heavy atom. The molecule has 6 heteroatoms. The zero-order valence-electron chi connectivity index (χ0n) is 14.8. The van der Waals surface area contributed by atoms with Crippen LogP contribution in [-0.4, -0.2) is 18.4 Å². The van der Waals surface area contributed by atoms with E-state index < -0.39 is 23.5 Å². The van der Waals surface area contributed by atoms with E-state index in [4.69, 9.17) is 4.74 Å². The predicted molar refractivity (Wildman–Crippen MR) is 100 cm³/mol. The summed E-state index contributed by atoms with van der Waals surface area (Å²) in [6, 6.07) is 18.5. The van der Waals surface area contributed by atoms with E-state index in [1.165, 1.54) is 30.3 Å². The number of nitrogens with one attached hydrogen (secondary N) is 1. The lowest BCUT2D eigenvalue weighted by Gasteiger charge is -2.08. The Kier molecular flexibility index (Phi) is 6.11. The summed E-state index contributed by atoms with van der Waals surface area (Å²) < 4.78 is 32.7. The minimum absolute atomic E-state index is 0.0495. The van der Waals surface area contributed by atoms with Gasteiger partial charge in [0.05, 0.1) is 0 Å². The molecule has 3 aromatic carbocycles. The molecule has 0 aromatic heterocycles. The molecule has 0 saturated heterocycles. The lowest BCUT2D eigenvalue weighted by molar-refractivity contribution is -0.143. The number of carbonyl (C=O) groups is 2. The van der Waals surface area contributed by atoms with E-state index in [1.54, 1.807) is 6.07 Å². The van der Waals surface area contributed by atoms with Crippen LogP contribution in [0.3, 0.4) is 0 Å². The Morgan fingerprint density at radius 2 is 1.68 bits per heavy atom. The van der Waals surface area contributed by atoms with Crippen molar-refractivity contribution in [3.8, 4) is 11.1 Å². The van der Waals surface area contributed by atoms with Crippen molar-refractivity contribution in [2.75, 3.05) is 6.54 Å². The van der Waals surface area contributed by atoms with Gasteiger partial charge in [-0.3, -0.25) is 9.59 Å². The van der Waals surface area contributed by atoms with Crippen LogP contribution < -0.4 is 5.32 Å². The summed E-state index contributed by atoms with van der Waals surface area (Å²) in [7, 11) is 0. The van der Waals surface area contributed by atoms with Crippen LogP contribution in [0.1, 0.15) is 15.9 Å². The number of carbonyl (C=O) groups excluding carboxylic acids is 2. The Bertz CT molecular complexity index is 990. The maximum Gasteiger partial charge on any atom is 0.325 e. The maximum absolute atomic E-state index is 14.3. The minimum atomic E-state index is -0.662. The second-order valence-corrected chi connectivity index (χ2v) is 6.03. The van der Waals surface area contributed by atoms with Crippen LogP contribution in [0.25, 0.3) is 11.1 Å². The molecular weight excluding hydrogens is 364 g/mol. The van der Waals surface area contributed by atoms with Gasteiger partial charge in [0, 0.05) is 11.1 Å². The molecule has 28 heavy (non-hydrogen) atoms. The average molecular weight is 381 g/mol. The number of benzene rings is 3. The standard InChI is InChI=1S/C22H17F2NO3/c23-18-8-4-7-16(11-18)19-10-9-17(12-20(19)24)22(27)25-13-21(26)28-14-15-5-2-1-3-6-15/h1-12H,13-14H2,(H,25,27). The highest BCUT2D eigenvalue weighted by atomic mass is 19.1. The highest BCUT2D eigenvalue weighted by Crippen LogP contribution is 2.24. The molecule has 0 fully saturated rings. The molecule has 0 spiro atoms. The van der Waals surface area contributed by atoms with E-state index in [0.29, 0.717) is 5.56 Å². The minimum Gasteiger partial charge on any atom is -0.460 e. The summed E-state index contributed by atoms with van der Waals surface area (Å²) in [6.45, 7) is -0.231. The van der Waals surface area contributed by atoms with Gasteiger partial charge < -0.3 is 10.1 Å². The molecule has 3 rings (SSSR count). The highest BCUT2D eigenvalue weighted by molar-refractivity contribution is 5.96. The van der Waals surface area contributed by atoms with E-state index >= 15 is 0 Å². The van der Waals surface area contributed by atoms with Gasteiger partial charge in [0.2, 0.25) is 0 Å². The Hall–Kier alpha value is -3.54. The van der Waals surface area contributed by atoms with Crippen molar-refractivity contribution in [3.63, 3.8) is 0 Å². The van der Waals surface area contributed by atoms with Gasteiger partial charge in [0.25, 0.3) is 5.91 Å². The fourth-order valence-electron chi connectivity index (χ4n) is 2.59. The number of rotatable bonds is 6. The molecule has 0 atom stereocenters. The molecule has 0 heterocycles. The van der Waals surface area contributed by atoms with Crippen molar-refractivity contribution in [1.82, 2.24) is 5.32 Å². The molecule has 0 aliphatic heterocycles. The topological polar surface area (TPSA) is 55.4 Å². The molecular formula is C22H17F2NO3. The molecule has 4 nitrogen and oxygen atoms in total. The molecule has 1 N–H and O–H groups in total. The van der Waals surface area contributed by atoms with Crippen LogP contribution >= 0.6 is 0 Å². The summed E-state index contributed by atoms with van der Waals surface area (Å²) in [5.74, 6) is -2.35. The summed E-state index contributed by atoms with van der Waals surface area (Å²) >= 11 is 0. The molecule has 142 valence electrons. The summed E-state index contributed by atoms with van der Waals surface area (Å²) in [4.78, 5) is 23.9. The van der Waals surface area contributed by atoms with Crippen molar-refractivity contribution in [2.24, 2.45) is 0 Å². The lowest BCUT2D eigenvalue weighted by atomic mass is 10.0. The van der Waals surface area contributed by atoms with Gasteiger partial charge in [0.1, 0.15) is 24.8 Å². The van der Waals surface area contributed by atoms with Crippen molar-refractivity contribution >= 4 is 11.9 Å². The smallest absolute Gasteiger partial charge is 0.325 e. The number of amides is 1. The highest BCUT2D eigenvalue weighted by Gasteiger charge is 2.13. The first-order chi connectivity index (χ1) is 13.5. The molecule has 1 amide bonds. The molecule has 0 saturated carbocycles. The van der Waals surface area contributed by atoms with E-state index in [-0.39, 0.29) is 24.3 Å². The van der Waals surface area contributed by atoms with Crippen molar-refractivity contribution in [1.29, 1.82) is 0 Å². The maximum atomic E-state index is 14.3. The van der Waals surface area contributed by atoms with Crippen molar-refractivity contribution in [3.05, 3.63) is 95.6 Å². The second kappa shape index (κ2) is 8.90. The third kappa shape index (κ3) is 5.01. The zero-order valence-corrected chi connectivity index (χ0v) is 14.8. The number of ether oxygens (including phenoxy) is 1. The lowest BCUT2D eigenvalue weighted by Crippen LogP contribution is -2.30. The van der Waals surface area contributed by atoms with E-state index in [9.17, 15) is 18.4 Å². The first-order valence-corrected chi connectivity index (χ1v) is 8.56. The Morgan fingerprint density at radius 1 is 0.893 bits per heavy atom. The van der Waals surface area contributed by atoms with E-state index in [0.717, 1.165) is 11.6 Å². The fraction of sp³-hybridized carbons (Fsp3) is 0.0909. The van der Waals surface area contributed by atoms with Gasteiger partial charge >= 0.3 is 5.97 Å².